The second kappa shape index (κ2) is 6.33. The summed E-state index contributed by atoms with van der Waals surface area (Å²) in [4.78, 5) is 21.5. The summed E-state index contributed by atoms with van der Waals surface area (Å²) in [6, 6.07) is 9.13. The standard InChI is InChI=1S/C18H17FN4O/c1-10(20)17-16(14-5-3-4-8-22-14)15(18(24)21-2)12-9-11(19)6-7-13(12)23-17/h3-10H,20H2,1-2H3,(H,21,24). The van der Waals surface area contributed by atoms with Gasteiger partial charge in [0.2, 0.25) is 0 Å². The van der Waals surface area contributed by atoms with Gasteiger partial charge >= 0.3 is 0 Å². The minimum Gasteiger partial charge on any atom is -0.355 e. The number of nitrogens with zero attached hydrogens (tertiary/aromatic N) is 2. The van der Waals surface area contributed by atoms with Gasteiger partial charge in [0.05, 0.1) is 22.5 Å². The number of carbonyl (C=O) groups excluding carboxylic acids is 1. The minimum absolute atomic E-state index is 0.327. The number of nitrogens with one attached hydrogen (secondary N) is 1. The van der Waals surface area contributed by atoms with Gasteiger partial charge in [0.1, 0.15) is 5.82 Å². The lowest BCUT2D eigenvalue weighted by Crippen LogP contribution is -2.22. The van der Waals surface area contributed by atoms with Crippen LogP contribution in [0.2, 0.25) is 0 Å². The molecule has 0 aliphatic heterocycles. The predicted octanol–water partition coefficient (Wildman–Crippen LogP) is 2.82. The molecule has 1 amide bonds. The second-order valence-electron chi connectivity index (χ2n) is 5.49. The van der Waals surface area contributed by atoms with Crippen LogP contribution in [0.25, 0.3) is 22.2 Å². The SMILES string of the molecule is CNC(=O)c1c(-c2ccccn2)c(C(C)N)nc2ccc(F)cc12. The van der Waals surface area contributed by atoms with E-state index in [1.54, 1.807) is 31.3 Å². The lowest BCUT2D eigenvalue weighted by atomic mass is 9.94. The molecule has 24 heavy (non-hydrogen) atoms. The summed E-state index contributed by atoms with van der Waals surface area (Å²) in [7, 11) is 1.53. The molecular formula is C18H17FN4O. The fraction of sp³-hybridized carbons (Fsp3) is 0.167. The molecule has 5 nitrogen and oxygen atoms in total. The zero-order chi connectivity index (χ0) is 17.3. The van der Waals surface area contributed by atoms with E-state index in [-0.39, 0.29) is 5.91 Å². The summed E-state index contributed by atoms with van der Waals surface area (Å²) in [5.41, 5.74) is 8.58. The summed E-state index contributed by atoms with van der Waals surface area (Å²) >= 11 is 0. The van der Waals surface area contributed by atoms with Gasteiger partial charge in [0.25, 0.3) is 5.91 Å². The Morgan fingerprint density at radius 1 is 1.29 bits per heavy atom. The normalized spacial score (nSPS) is 12.2. The van der Waals surface area contributed by atoms with E-state index >= 15 is 0 Å². The van der Waals surface area contributed by atoms with Crippen molar-refractivity contribution in [1.82, 2.24) is 15.3 Å². The van der Waals surface area contributed by atoms with Crippen LogP contribution in [-0.2, 0) is 0 Å². The molecule has 122 valence electrons. The summed E-state index contributed by atoms with van der Waals surface area (Å²) in [5.74, 6) is -0.773. The molecule has 0 fully saturated rings. The second-order valence-corrected chi connectivity index (χ2v) is 5.49. The molecule has 3 N–H and O–H groups in total. The third kappa shape index (κ3) is 2.72. The molecule has 2 aromatic heterocycles. The van der Waals surface area contributed by atoms with E-state index in [0.717, 1.165) is 0 Å². The number of rotatable bonds is 3. The minimum atomic E-state index is -0.435. The van der Waals surface area contributed by atoms with Crippen molar-refractivity contribution in [2.24, 2.45) is 5.73 Å². The molecule has 1 unspecified atom stereocenters. The fourth-order valence-electron chi connectivity index (χ4n) is 2.71. The zero-order valence-corrected chi connectivity index (χ0v) is 13.4. The van der Waals surface area contributed by atoms with Crippen molar-refractivity contribution in [3.63, 3.8) is 0 Å². The third-order valence-electron chi connectivity index (χ3n) is 3.78. The average molecular weight is 324 g/mol. The number of pyridine rings is 2. The highest BCUT2D eigenvalue weighted by molar-refractivity contribution is 6.11. The molecule has 3 aromatic rings. The van der Waals surface area contributed by atoms with Crippen LogP contribution in [0.4, 0.5) is 4.39 Å². The molecule has 0 radical (unpaired) electrons. The van der Waals surface area contributed by atoms with Crippen LogP contribution in [0.5, 0.6) is 0 Å². The first-order valence-corrected chi connectivity index (χ1v) is 7.55. The highest BCUT2D eigenvalue weighted by Crippen LogP contribution is 2.33. The summed E-state index contributed by atoms with van der Waals surface area (Å²) in [6.07, 6.45) is 1.63. The molecule has 1 atom stereocenters. The fourth-order valence-corrected chi connectivity index (χ4v) is 2.71. The van der Waals surface area contributed by atoms with Gasteiger partial charge in [-0.2, -0.15) is 0 Å². The van der Waals surface area contributed by atoms with Crippen LogP contribution < -0.4 is 11.1 Å². The Morgan fingerprint density at radius 3 is 2.71 bits per heavy atom. The topological polar surface area (TPSA) is 80.9 Å². The van der Waals surface area contributed by atoms with Crippen molar-refractivity contribution >= 4 is 16.8 Å². The molecule has 2 heterocycles. The average Bonchev–Trinajstić information content (AvgIpc) is 2.60. The van der Waals surface area contributed by atoms with Gasteiger partial charge in [-0.15, -0.1) is 0 Å². The number of fused-ring (bicyclic) bond motifs is 1. The smallest absolute Gasteiger partial charge is 0.252 e. The van der Waals surface area contributed by atoms with Crippen molar-refractivity contribution in [1.29, 1.82) is 0 Å². The monoisotopic (exact) mass is 324 g/mol. The Hall–Kier alpha value is -2.86. The van der Waals surface area contributed by atoms with Gasteiger partial charge < -0.3 is 11.1 Å². The van der Waals surface area contributed by atoms with Crippen LogP contribution in [0.15, 0.2) is 42.6 Å². The molecule has 6 heteroatoms. The molecule has 0 saturated heterocycles. The van der Waals surface area contributed by atoms with Crippen LogP contribution in [0, 0.1) is 5.82 Å². The Bertz CT molecular complexity index is 910. The van der Waals surface area contributed by atoms with Gasteiger partial charge in [0, 0.05) is 30.2 Å². The van der Waals surface area contributed by atoms with Crippen LogP contribution >= 0.6 is 0 Å². The van der Waals surface area contributed by atoms with Crippen LogP contribution in [0.3, 0.4) is 0 Å². The van der Waals surface area contributed by atoms with Gasteiger partial charge in [-0.25, -0.2) is 4.39 Å². The van der Waals surface area contributed by atoms with Gasteiger partial charge in [0.15, 0.2) is 0 Å². The van der Waals surface area contributed by atoms with Crippen molar-refractivity contribution < 1.29 is 9.18 Å². The number of hydrogen-bond acceptors (Lipinski definition) is 4. The van der Waals surface area contributed by atoms with Gasteiger partial charge in [-0.3, -0.25) is 14.8 Å². The molecule has 0 bridgehead atoms. The van der Waals surface area contributed by atoms with E-state index in [4.69, 9.17) is 5.73 Å². The molecule has 0 aliphatic carbocycles. The summed E-state index contributed by atoms with van der Waals surface area (Å²) in [5, 5.41) is 3.04. The maximum Gasteiger partial charge on any atom is 0.252 e. The van der Waals surface area contributed by atoms with Crippen molar-refractivity contribution in [2.45, 2.75) is 13.0 Å². The van der Waals surface area contributed by atoms with Crippen molar-refractivity contribution in [3.05, 3.63) is 59.7 Å². The molecule has 1 aromatic carbocycles. The van der Waals surface area contributed by atoms with E-state index in [2.05, 4.69) is 15.3 Å². The molecule has 3 rings (SSSR count). The Morgan fingerprint density at radius 2 is 2.08 bits per heavy atom. The highest BCUT2D eigenvalue weighted by Gasteiger charge is 2.23. The van der Waals surface area contributed by atoms with E-state index in [1.165, 1.54) is 19.2 Å². The van der Waals surface area contributed by atoms with Crippen molar-refractivity contribution in [3.8, 4) is 11.3 Å². The van der Waals surface area contributed by atoms with E-state index < -0.39 is 11.9 Å². The van der Waals surface area contributed by atoms with Gasteiger partial charge in [-0.05, 0) is 37.3 Å². The van der Waals surface area contributed by atoms with Crippen LogP contribution in [-0.4, -0.2) is 22.9 Å². The number of carbonyl (C=O) groups is 1. The first-order chi connectivity index (χ1) is 11.5. The van der Waals surface area contributed by atoms with E-state index in [1.807, 2.05) is 6.07 Å². The third-order valence-corrected chi connectivity index (χ3v) is 3.78. The highest BCUT2D eigenvalue weighted by atomic mass is 19.1. The van der Waals surface area contributed by atoms with E-state index in [9.17, 15) is 9.18 Å². The molecule has 0 saturated carbocycles. The summed E-state index contributed by atoms with van der Waals surface area (Å²) in [6.45, 7) is 1.79. The predicted molar refractivity (Wildman–Crippen MR) is 90.9 cm³/mol. The van der Waals surface area contributed by atoms with Crippen molar-refractivity contribution in [2.75, 3.05) is 7.05 Å². The molecule has 0 spiro atoms. The number of halogens is 1. The molecular weight excluding hydrogens is 307 g/mol. The first-order valence-electron chi connectivity index (χ1n) is 7.55. The Kier molecular flexibility index (Phi) is 4.22. The van der Waals surface area contributed by atoms with Gasteiger partial charge in [-0.1, -0.05) is 6.07 Å². The Labute approximate surface area is 138 Å². The first kappa shape index (κ1) is 16.0. The number of aromatic nitrogens is 2. The lowest BCUT2D eigenvalue weighted by Gasteiger charge is -2.18. The number of amides is 1. The molecule has 0 aliphatic rings. The zero-order valence-electron chi connectivity index (χ0n) is 13.4. The number of nitrogens with two attached hydrogens (primary N) is 1. The summed E-state index contributed by atoms with van der Waals surface area (Å²) < 4.78 is 13.8. The lowest BCUT2D eigenvalue weighted by molar-refractivity contribution is 0.0965. The maximum atomic E-state index is 13.8. The quantitative estimate of drug-likeness (QED) is 0.776. The van der Waals surface area contributed by atoms with Crippen LogP contribution in [0.1, 0.15) is 29.0 Å². The number of hydrogen-bond donors (Lipinski definition) is 2. The number of benzene rings is 1. The van der Waals surface area contributed by atoms with E-state index in [0.29, 0.717) is 33.4 Å². The maximum absolute atomic E-state index is 13.8. The largest absolute Gasteiger partial charge is 0.355 e. The Balaban J connectivity index is 2.50.